The lowest BCUT2D eigenvalue weighted by atomic mass is 9.35. The highest BCUT2D eigenvalue weighted by Crippen LogP contribution is 2.46. The molecule has 0 saturated carbocycles. The molecule has 0 fully saturated rings. The minimum absolute atomic E-state index is 0.141. The minimum atomic E-state index is -0.167. The number of anilines is 3. The second kappa shape index (κ2) is 9.84. The predicted molar refractivity (Wildman–Crippen MR) is 194 cm³/mol. The molecular weight excluding hydrogens is 541 g/mol. The lowest BCUT2D eigenvalue weighted by Gasteiger charge is -2.30. The summed E-state index contributed by atoms with van der Waals surface area (Å²) in [6.45, 7) is 4.96. The molecule has 0 aromatic heterocycles. The normalized spacial score (nSPS) is 13.7. The van der Waals surface area contributed by atoms with Gasteiger partial charge in [0.15, 0.2) is 0 Å². The van der Waals surface area contributed by atoms with Crippen LogP contribution in [0.25, 0.3) is 32.3 Å². The van der Waals surface area contributed by atoms with E-state index in [1.165, 1.54) is 65.5 Å². The molecule has 1 aliphatic heterocycles. The summed E-state index contributed by atoms with van der Waals surface area (Å²) in [5, 5.41) is 7.98. The Morgan fingerprint density at radius 2 is 1.07 bits per heavy atom. The van der Waals surface area contributed by atoms with Gasteiger partial charge in [0.05, 0.1) is 5.69 Å². The molecule has 0 unspecified atom stereocenters. The van der Waals surface area contributed by atoms with Gasteiger partial charge in [0.2, 0.25) is 6.71 Å². The van der Waals surface area contributed by atoms with Crippen molar-refractivity contribution in [1.29, 1.82) is 0 Å². The van der Waals surface area contributed by atoms with Crippen LogP contribution in [-0.2, 0) is 5.41 Å². The number of para-hydroxylation sites is 2. The quantitative estimate of drug-likeness (QED) is 0.150. The molecule has 0 amide bonds. The van der Waals surface area contributed by atoms with Gasteiger partial charge in [-0.3, -0.25) is 0 Å². The second-order valence-corrected chi connectivity index (χ2v) is 12.9. The molecule has 0 aliphatic carbocycles. The van der Waals surface area contributed by atoms with Crippen LogP contribution in [0.5, 0.6) is 0 Å². The highest BCUT2D eigenvalue weighted by molar-refractivity contribution is 6.97. The third-order valence-electron chi connectivity index (χ3n) is 10.1. The summed E-state index contributed by atoms with van der Waals surface area (Å²) < 4.78 is 0. The zero-order chi connectivity index (χ0) is 30.1. The van der Waals surface area contributed by atoms with Crippen molar-refractivity contribution in [2.45, 2.75) is 19.3 Å². The molecule has 1 nitrogen and oxygen atoms in total. The van der Waals surface area contributed by atoms with Crippen LogP contribution in [0.2, 0.25) is 0 Å². The van der Waals surface area contributed by atoms with Crippen molar-refractivity contribution in [3.63, 3.8) is 0 Å². The molecule has 9 rings (SSSR count). The molecule has 212 valence electrons. The molecule has 1 heterocycles. The molecule has 0 spiro atoms. The zero-order valence-corrected chi connectivity index (χ0v) is 25.5. The van der Waals surface area contributed by atoms with E-state index in [1.54, 1.807) is 0 Å². The van der Waals surface area contributed by atoms with Crippen molar-refractivity contribution in [1.82, 2.24) is 0 Å². The topological polar surface area (TPSA) is 3.24 Å². The molecule has 8 aromatic carbocycles. The van der Waals surface area contributed by atoms with Crippen LogP contribution in [0.15, 0.2) is 158 Å². The van der Waals surface area contributed by atoms with Gasteiger partial charge < -0.3 is 4.90 Å². The Bertz CT molecular complexity index is 2300. The molecule has 2 heteroatoms. The van der Waals surface area contributed by atoms with Gasteiger partial charge in [0.25, 0.3) is 0 Å². The molecule has 45 heavy (non-hydrogen) atoms. The van der Waals surface area contributed by atoms with Crippen LogP contribution in [0, 0.1) is 0 Å². The fourth-order valence-electron chi connectivity index (χ4n) is 8.09. The summed E-state index contributed by atoms with van der Waals surface area (Å²) >= 11 is 0. The Labute approximate surface area is 264 Å². The fourth-order valence-corrected chi connectivity index (χ4v) is 8.09. The highest BCUT2D eigenvalue weighted by atomic mass is 15.1. The number of hydrogen-bond acceptors (Lipinski definition) is 1. The molecule has 0 radical (unpaired) electrons. The van der Waals surface area contributed by atoms with Crippen LogP contribution in [-0.4, -0.2) is 6.71 Å². The maximum absolute atomic E-state index is 2.50. The Balaban J connectivity index is 1.42. The van der Waals surface area contributed by atoms with Gasteiger partial charge in [-0.1, -0.05) is 158 Å². The highest BCUT2D eigenvalue weighted by Gasteiger charge is 2.38. The molecule has 1 aliphatic rings. The predicted octanol–water partition coefficient (Wildman–Crippen LogP) is 9.21. The average molecular weight is 574 g/mol. The van der Waals surface area contributed by atoms with Gasteiger partial charge in [0, 0.05) is 22.2 Å². The largest absolute Gasteiger partial charge is 0.310 e. The van der Waals surface area contributed by atoms with E-state index in [-0.39, 0.29) is 12.1 Å². The van der Waals surface area contributed by atoms with Gasteiger partial charge in [0.1, 0.15) is 0 Å². The van der Waals surface area contributed by atoms with Crippen LogP contribution < -0.4 is 21.3 Å². The van der Waals surface area contributed by atoms with E-state index in [0.717, 1.165) is 11.4 Å². The summed E-state index contributed by atoms with van der Waals surface area (Å²) in [6.07, 6.45) is 0. The van der Waals surface area contributed by atoms with E-state index in [9.17, 15) is 0 Å². The van der Waals surface area contributed by atoms with E-state index < -0.39 is 0 Å². The monoisotopic (exact) mass is 573 g/mol. The SMILES string of the molecule is CC1(C)c2ccccc2B(c2ccccc2)c2cc3ccc(N(c4ccccc4)c4ccccc4)c4ccc5ccc1c2c5c34. The Morgan fingerprint density at radius 3 is 1.78 bits per heavy atom. The first-order valence-electron chi connectivity index (χ1n) is 15.9. The van der Waals surface area contributed by atoms with Gasteiger partial charge in [-0.05, 0) is 68.4 Å². The van der Waals surface area contributed by atoms with Gasteiger partial charge in [-0.2, -0.15) is 0 Å². The Hall–Kier alpha value is -5.34. The standard InChI is InChI=1S/C43H32BN/c1-43(2)35-20-12-13-21-37(35)44(31-14-6-3-7-15-31)38-28-30-24-27-39(34-25-22-29-23-26-36(43)42(38)41(29)40(30)34)45(32-16-8-4-9-17-32)33-18-10-5-11-19-33/h3-28H,1-2H3. The number of benzene rings is 8. The molecular formula is C43H32BN. The maximum atomic E-state index is 2.50. The van der Waals surface area contributed by atoms with Crippen LogP contribution in [0.3, 0.4) is 0 Å². The van der Waals surface area contributed by atoms with Crippen molar-refractivity contribution in [3.8, 4) is 0 Å². The maximum Gasteiger partial charge on any atom is 0.242 e. The summed E-state index contributed by atoms with van der Waals surface area (Å²) in [5.41, 5.74) is 10.3. The molecule has 0 bridgehead atoms. The van der Waals surface area contributed by atoms with Crippen molar-refractivity contribution >= 4 is 72.5 Å². The molecule has 0 N–H and O–H groups in total. The lowest BCUT2D eigenvalue weighted by molar-refractivity contribution is 0.652. The minimum Gasteiger partial charge on any atom is -0.310 e. The number of fused-ring (bicyclic) bond motifs is 1. The number of nitrogens with zero attached hydrogens (tertiary/aromatic N) is 1. The summed E-state index contributed by atoms with van der Waals surface area (Å²) in [4.78, 5) is 2.40. The average Bonchev–Trinajstić information content (AvgIpc) is 3.17. The number of rotatable bonds is 4. The molecule has 0 saturated heterocycles. The number of hydrogen-bond donors (Lipinski definition) is 0. The van der Waals surface area contributed by atoms with E-state index in [4.69, 9.17) is 0 Å². The van der Waals surface area contributed by atoms with Crippen LogP contribution in [0.1, 0.15) is 25.0 Å². The smallest absolute Gasteiger partial charge is 0.242 e. The van der Waals surface area contributed by atoms with Crippen LogP contribution in [0.4, 0.5) is 17.1 Å². The third-order valence-corrected chi connectivity index (χ3v) is 10.1. The van der Waals surface area contributed by atoms with Gasteiger partial charge in [-0.15, -0.1) is 0 Å². The van der Waals surface area contributed by atoms with Crippen LogP contribution >= 0.6 is 0 Å². The molecule has 0 atom stereocenters. The zero-order valence-electron chi connectivity index (χ0n) is 25.5. The Kier molecular flexibility index (Phi) is 5.71. The second-order valence-electron chi connectivity index (χ2n) is 12.9. The van der Waals surface area contributed by atoms with E-state index in [2.05, 4.69) is 176 Å². The van der Waals surface area contributed by atoms with Crippen molar-refractivity contribution in [2.75, 3.05) is 4.90 Å². The first-order valence-corrected chi connectivity index (χ1v) is 15.9. The third kappa shape index (κ3) is 3.82. The molecule has 8 aromatic rings. The van der Waals surface area contributed by atoms with Gasteiger partial charge >= 0.3 is 0 Å². The van der Waals surface area contributed by atoms with E-state index in [1.807, 2.05) is 0 Å². The first kappa shape index (κ1) is 26.1. The summed E-state index contributed by atoms with van der Waals surface area (Å²) in [5.74, 6) is 0. The van der Waals surface area contributed by atoms with E-state index in [0.29, 0.717) is 0 Å². The Morgan fingerprint density at radius 1 is 0.467 bits per heavy atom. The first-order chi connectivity index (χ1) is 22.1. The van der Waals surface area contributed by atoms with Crippen molar-refractivity contribution < 1.29 is 0 Å². The lowest BCUT2D eigenvalue weighted by Crippen LogP contribution is -2.53. The van der Waals surface area contributed by atoms with Crippen molar-refractivity contribution in [3.05, 3.63) is 169 Å². The summed E-state index contributed by atoms with van der Waals surface area (Å²) in [6, 6.07) is 58.3. The van der Waals surface area contributed by atoms with E-state index >= 15 is 0 Å². The summed E-state index contributed by atoms with van der Waals surface area (Å²) in [7, 11) is 0. The van der Waals surface area contributed by atoms with Crippen molar-refractivity contribution in [2.24, 2.45) is 0 Å². The fraction of sp³-hybridized carbons (Fsp3) is 0.0698. The van der Waals surface area contributed by atoms with Gasteiger partial charge in [-0.25, -0.2) is 0 Å².